The van der Waals surface area contributed by atoms with E-state index in [1.165, 1.54) is 19.3 Å². The summed E-state index contributed by atoms with van der Waals surface area (Å²) in [4.78, 5) is 14.6. The molecule has 0 bridgehead atoms. The highest BCUT2D eigenvalue weighted by molar-refractivity contribution is 5.79. The van der Waals surface area contributed by atoms with Crippen molar-refractivity contribution in [3.63, 3.8) is 0 Å². The first kappa shape index (κ1) is 12.9. The van der Waals surface area contributed by atoms with Crippen molar-refractivity contribution in [2.24, 2.45) is 17.6 Å². The van der Waals surface area contributed by atoms with Crippen LogP contribution in [0.25, 0.3) is 0 Å². The molecule has 0 aromatic heterocycles. The molecule has 2 aliphatic rings. The first-order chi connectivity index (χ1) is 8.09. The smallest absolute Gasteiger partial charge is 0.225 e. The molecule has 3 nitrogen and oxygen atoms in total. The molecule has 2 rings (SSSR count). The van der Waals surface area contributed by atoms with Gasteiger partial charge < -0.3 is 10.6 Å². The number of hydrogen-bond donors (Lipinski definition) is 1. The zero-order chi connectivity index (χ0) is 12.4. The van der Waals surface area contributed by atoms with E-state index in [4.69, 9.17) is 5.73 Å². The third-order valence-corrected chi connectivity index (χ3v) is 4.67. The van der Waals surface area contributed by atoms with Crippen molar-refractivity contribution < 1.29 is 4.79 Å². The number of piperidine rings is 1. The molecule has 1 aliphatic heterocycles. The van der Waals surface area contributed by atoms with Gasteiger partial charge in [0, 0.05) is 24.5 Å². The topological polar surface area (TPSA) is 46.3 Å². The Bertz CT molecular complexity index is 279. The van der Waals surface area contributed by atoms with Crippen LogP contribution in [-0.4, -0.2) is 29.4 Å². The highest BCUT2D eigenvalue weighted by Crippen LogP contribution is 2.31. The fourth-order valence-corrected chi connectivity index (χ4v) is 3.30. The van der Waals surface area contributed by atoms with Crippen LogP contribution >= 0.6 is 0 Å². The van der Waals surface area contributed by atoms with Crippen LogP contribution < -0.4 is 5.73 Å². The molecule has 2 N–H and O–H groups in total. The first-order valence-electron chi connectivity index (χ1n) is 7.15. The zero-order valence-corrected chi connectivity index (χ0v) is 11.2. The predicted octanol–water partition coefficient (Wildman–Crippen LogP) is 2.15. The summed E-state index contributed by atoms with van der Waals surface area (Å²) < 4.78 is 0. The first-order valence-corrected chi connectivity index (χ1v) is 7.15. The van der Waals surface area contributed by atoms with E-state index < -0.39 is 0 Å². The lowest BCUT2D eigenvalue weighted by molar-refractivity contribution is -0.140. The summed E-state index contributed by atoms with van der Waals surface area (Å²) in [5.74, 6) is 1.14. The highest BCUT2D eigenvalue weighted by atomic mass is 16.2. The minimum atomic E-state index is 0.241. The highest BCUT2D eigenvalue weighted by Gasteiger charge is 2.34. The maximum Gasteiger partial charge on any atom is 0.225 e. The van der Waals surface area contributed by atoms with Gasteiger partial charge in [0.2, 0.25) is 5.91 Å². The van der Waals surface area contributed by atoms with Crippen LogP contribution in [0, 0.1) is 11.8 Å². The van der Waals surface area contributed by atoms with E-state index in [2.05, 4.69) is 18.7 Å². The third-order valence-electron chi connectivity index (χ3n) is 4.67. The Hall–Kier alpha value is -0.570. The fraction of sp³-hybridized carbons (Fsp3) is 0.929. The van der Waals surface area contributed by atoms with Gasteiger partial charge in [0.15, 0.2) is 0 Å². The van der Waals surface area contributed by atoms with Gasteiger partial charge in [-0.25, -0.2) is 0 Å². The molecule has 1 saturated carbocycles. The van der Waals surface area contributed by atoms with E-state index in [0.29, 0.717) is 23.9 Å². The second kappa shape index (κ2) is 5.38. The molecule has 1 amide bonds. The van der Waals surface area contributed by atoms with Crippen molar-refractivity contribution in [1.29, 1.82) is 0 Å². The van der Waals surface area contributed by atoms with Gasteiger partial charge in [-0.05, 0) is 51.4 Å². The quantitative estimate of drug-likeness (QED) is 0.761. The van der Waals surface area contributed by atoms with E-state index in [-0.39, 0.29) is 5.92 Å². The fourth-order valence-electron chi connectivity index (χ4n) is 3.30. The normalized spacial score (nSPS) is 39.1. The standard InChI is InChI=1S/C14H26N2O/c1-10-9-12(6-7-13(10)15)14(17)16-8-4-3-5-11(16)2/h10-13H,3-9,15H2,1-2H3. The summed E-state index contributed by atoms with van der Waals surface area (Å²) in [7, 11) is 0. The Morgan fingerprint density at radius 1 is 1.18 bits per heavy atom. The lowest BCUT2D eigenvalue weighted by Crippen LogP contribution is -2.47. The molecule has 17 heavy (non-hydrogen) atoms. The molecule has 4 unspecified atom stereocenters. The van der Waals surface area contributed by atoms with Crippen molar-refractivity contribution in [3.05, 3.63) is 0 Å². The summed E-state index contributed by atoms with van der Waals surface area (Å²) in [6.45, 7) is 5.34. The minimum Gasteiger partial charge on any atom is -0.340 e. The summed E-state index contributed by atoms with van der Waals surface area (Å²) >= 11 is 0. The SMILES string of the molecule is CC1CC(C(=O)N2CCCCC2C)CCC1N. The molecule has 0 aromatic carbocycles. The largest absolute Gasteiger partial charge is 0.340 e. The third kappa shape index (κ3) is 2.82. The number of hydrogen-bond acceptors (Lipinski definition) is 2. The molecule has 98 valence electrons. The molecular formula is C14H26N2O. The molecule has 0 spiro atoms. The van der Waals surface area contributed by atoms with E-state index >= 15 is 0 Å². The van der Waals surface area contributed by atoms with Crippen molar-refractivity contribution in [1.82, 2.24) is 4.90 Å². The number of rotatable bonds is 1. The molecule has 1 heterocycles. The lowest BCUT2D eigenvalue weighted by Gasteiger charge is -2.39. The zero-order valence-electron chi connectivity index (χ0n) is 11.2. The second-order valence-electron chi connectivity index (χ2n) is 6.03. The predicted molar refractivity (Wildman–Crippen MR) is 69.5 cm³/mol. The molecular weight excluding hydrogens is 212 g/mol. The molecule has 2 fully saturated rings. The van der Waals surface area contributed by atoms with Gasteiger partial charge in [-0.2, -0.15) is 0 Å². The van der Waals surface area contributed by atoms with Crippen LogP contribution in [0.5, 0.6) is 0 Å². The summed E-state index contributed by atoms with van der Waals surface area (Å²) in [5, 5.41) is 0. The van der Waals surface area contributed by atoms with Crippen LogP contribution in [0.3, 0.4) is 0 Å². The Labute approximate surface area is 105 Å². The molecule has 0 radical (unpaired) electrons. The summed E-state index contributed by atoms with van der Waals surface area (Å²) in [6, 6.07) is 0.750. The monoisotopic (exact) mass is 238 g/mol. The van der Waals surface area contributed by atoms with Crippen molar-refractivity contribution >= 4 is 5.91 Å². The number of amides is 1. The average molecular weight is 238 g/mol. The minimum absolute atomic E-state index is 0.241. The van der Waals surface area contributed by atoms with E-state index in [0.717, 1.165) is 25.8 Å². The van der Waals surface area contributed by atoms with Crippen LogP contribution in [0.2, 0.25) is 0 Å². The van der Waals surface area contributed by atoms with E-state index in [9.17, 15) is 4.79 Å². The molecule has 0 aromatic rings. The number of likely N-dealkylation sites (tertiary alicyclic amines) is 1. The Morgan fingerprint density at radius 2 is 1.94 bits per heavy atom. The average Bonchev–Trinajstić information content (AvgIpc) is 2.32. The van der Waals surface area contributed by atoms with Gasteiger partial charge in [-0.3, -0.25) is 4.79 Å². The van der Waals surface area contributed by atoms with Crippen molar-refractivity contribution in [2.45, 2.75) is 64.5 Å². The maximum absolute atomic E-state index is 12.5. The van der Waals surface area contributed by atoms with Gasteiger partial charge in [0.1, 0.15) is 0 Å². The number of nitrogens with two attached hydrogens (primary N) is 1. The van der Waals surface area contributed by atoms with E-state index in [1.54, 1.807) is 0 Å². The van der Waals surface area contributed by atoms with Gasteiger partial charge in [0.05, 0.1) is 0 Å². The maximum atomic E-state index is 12.5. The van der Waals surface area contributed by atoms with Crippen molar-refractivity contribution in [2.75, 3.05) is 6.54 Å². The Morgan fingerprint density at radius 3 is 2.59 bits per heavy atom. The summed E-state index contributed by atoms with van der Waals surface area (Å²) in [6.07, 6.45) is 6.62. The lowest BCUT2D eigenvalue weighted by atomic mass is 9.78. The number of nitrogens with zero attached hydrogens (tertiary/aromatic N) is 1. The van der Waals surface area contributed by atoms with Crippen LogP contribution in [-0.2, 0) is 4.79 Å². The van der Waals surface area contributed by atoms with Crippen LogP contribution in [0.1, 0.15) is 52.4 Å². The van der Waals surface area contributed by atoms with Gasteiger partial charge in [0.25, 0.3) is 0 Å². The molecule has 1 aliphatic carbocycles. The summed E-state index contributed by atoms with van der Waals surface area (Å²) in [5.41, 5.74) is 6.02. The van der Waals surface area contributed by atoms with Crippen LogP contribution in [0.15, 0.2) is 0 Å². The molecule has 3 heteroatoms. The Kier molecular flexibility index (Phi) is 4.08. The van der Waals surface area contributed by atoms with Gasteiger partial charge >= 0.3 is 0 Å². The van der Waals surface area contributed by atoms with Gasteiger partial charge in [-0.1, -0.05) is 6.92 Å². The molecule has 1 saturated heterocycles. The van der Waals surface area contributed by atoms with E-state index in [1.807, 2.05) is 0 Å². The van der Waals surface area contributed by atoms with Crippen LogP contribution in [0.4, 0.5) is 0 Å². The second-order valence-corrected chi connectivity index (χ2v) is 6.03. The number of carbonyl (C=O) groups is 1. The Balaban J connectivity index is 1.95. The van der Waals surface area contributed by atoms with Gasteiger partial charge in [-0.15, -0.1) is 0 Å². The number of carbonyl (C=O) groups excluding carboxylic acids is 1. The molecule has 4 atom stereocenters. The van der Waals surface area contributed by atoms with Crippen molar-refractivity contribution in [3.8, 4) is 0 Å².